The third-order valence-electron chi connectivity index (χ3n) is 5.01. The van der Waals surface area contributed by atoms with Crippen LogP contribution in [0.2, 0.25) is 0 Å². The van der Waals surface area contributed by atoms with Gasteiger partial charge in [-0.1, -0.05) is 30.0 Å². The average molecular weight is 425 g/mol. The van der Waals surface area contributed by atoms with E-state index in [-0.39, 0.29) is 11.6 Å². The Morgan fingerprint density at radius 3 is 2.28 bits per heavy atom. The van der Waals surface area contributed by atoms with Crippen molar-refractivity contribution in [3.8, 4) is 0 Å². The Morgan fingerprint density at radius 1 is 0.966 bits per heavy atom. The second kappa shape index (κ2) is 7.20. The number of hydrogen-bond donors (Lipinski definition) is 0. The minimum Gasteiger partial charge on any atom is -0.378 e. The molecule has 29 heavy (non-hydrogen) atoms. The summed E-state index contributed by atoms with van der Waals surface area (Å²) >= 11 is 6.75. The first kappa shape index (κ1) is 19.5. The van der Waals surface area contributed by atoms with Crippen molar-refractivity contribution < 1.29 is 4.79 Å². The summed E-state index contributed by atoms with van der Waals surface area (Å²) in [5.41, 5.74) is 4.25. The lowest BCUT2D eigenvalue weighted by Gasteiger charge is -2.17. The molecule has 0 atom stereocenters. The Balaban J connectivity index is 1.68. The van der Waals surface area contributed by atoms with Gasteiger partial charge >= 0.3 is 5.69 Å². The van der Waals surface area contributed by atoms with E-state index in [0.29, 0.717) is 9.23 Å². The maximum absolute atomic E-state index is 13.0. The van der Waals surface area contributed by atoms with Crippen molar-refractivity contribution in [2.75, 3.05) is 23.9 Å². The molecule has 3 aromatic rings. The van der Waals surface area contributed by atoms with E-state index in [1.54, 1.807) is 28.1 Å². The lowest BCUT2D eigenvalue weighted by molar-refractivity contribution is -0.113. The Kier molecular flexibility index (Phi) is 4.84. The van der Waals surface area contributed by atoms with Gasteiger partial charge in [-0.2, -0.15) is 0 Å². The van der Waals surface area contributed by atoms with Crippen molar-refractivity contribution >= 4 is 62.7 Å². The van der Waals surface area contributed by atoms with Crippen LogP contribution >= 0.6 is 24.0 Å². The quantitative estimate of drug-likeness (QED) is 0.477. The van der Waals surface area contributed by atoms with E-state index in [0.717, 1.165) is 28.0 Å². The fraction of sp³-hybridized carbons (Fsp3) is 0.190. The normalized spacial score (nSPS) is 15.7. The number of hydrogen-bond acceptors (Lipinski definition) is 5. The molecule has 1 aliphatic heterocycles. The number of carbonyl (C=O) groups excluding carboxylic acids is 1. The van der Waals surface area contributed by atoms with Gasteiger partial charge in [0.25, 0.3) is 5.91 Å². The fourth-order valence-corrected chi connectivity index (χ4v) is 4.65. The zero-order valence-electron chi connectivity index (χ0n) is 16.5. The van der Waals surface area contributed by atoms with Crippen molar-refractivity contribution in [2.45, 2.75) is 0 Å². The van der Waals surface area contributed by atoms with Gasteiger partial charge in [0, 0.05) is 33.9 Å². The number of aryl methyl sites for hydroxylation is 2. The van der Waals surface area contributed by atoms with Crippen LogP contribution in [0.15, 0.2) is 52.2 Å². The maximum Gasteiger partial charge on any atom is 0.328 e. The van der Waals surface area contributed by atoms with Crippen molar-refractivity contribution in [2.24, 2.45) is 14.1 Å². The van der Waals surface area contributed by atoms with E-state index in [1.807, 2.05) is 67.5 Å². The predicted octanol–water partition coefficient (Wildman–Crippen LogP) is 3.35. The van der Waals surface area contributed by atoms with Crippen LogP contribution in [0, 0.1) is 0 Å². The van der Waals surface area contributed by atoms with Crippen molar-refractivity contribution in [1.82, 2.24) is 9.13 Å². The monoisotopic (exact) mass is 424 g/mol. The van der Waals surface area contributed by atoms with Gasteiger partial charge in [-0.25, -0.2) is 4.79 Å². The molecule has 0 bridgehead atoms. The molecule has 8 heteroatoms. The summed E-state index contributed by atoms with van der Waals surface area (Å²) in [5.74, 6) is -0.139. The molecule has 0 saturated carbocycles. The Bertz CT molecular complexity index is 1240. The first-order chi connectivity index (χ1) is 13.8. The van der Waals surface area contributed by atoms with Gasteiger partial charge in [0.1, 0.15) is 0 Å². The van der Waals surface area contributed by atoms with Gasteiger partial charge in [-0.15, -0.1) is 0 Å². The molecule has 0 radical (unpaired) electrons. The number of aromatic nitrogens is 2. The van der Waals surface area contributed by atoms with Gasteiger partial charge < -0.3 is 4.90 Å². The second-order valence-electron chi connectivity index (χ2n) is 7.08. The number of nitrogens with zero attached hydrogens (tertiary/aromatic N) is 4. The summed E-state index contributed by atoms with van der Waals surface area (Å²) in [5, 5.41) is 0. The zero-order valence-corrected chi connectivity index (χ0v) is 18.2. The van der Waals surface area contributed by atoms with Gasteiger partial charge in [-0.05, 0) is 48.0 Å². The van der Waals surface area contributed by atoms with Gasteiger partial charge in [-0.3, -0.25) is 18.8 Å². The summed E-state index contributed by atoms with van der Waals surface area (Å²) in [6, 6.07) is 13.4. The molecule has 0 unspecified atom stereocenters. The fourth-order valence-electron chi connectivity index (χ4n) is 3.36. The number of carbonyl (C=O) groups is 1. The third-order valence-corrected chi connectivity index (χ3v) is 6.31. The molecular weight excluding hydrogens is 404 g/mol. The molecule has 1 amide bonds. The lowest BCUT2D eigenvalue weighted by Crippen LogP contribution is -2.27. The van der Waals surface area contributed by atoms with Crippen molar-refractivity contribution in [1.29, 1.82) is 0 Å². The standard InChI is InChI=1S/C21H20N4O2S2/c1-22(2)14-6-8-15(9-7-14)25-19(26)18(29-21(25)28)12-13-5-10-16-17(11-13)24(4)20(27)23(16)3/h5-12H,1-4H3/b18-12+. The number of fused-ring (bicyclic) bond motifs is 1. The number of benzene rings is 2. The number of imidazole rings is 1. The van der Waals surface area contributed by atoms with Crippen LogP contribution in [0.25, 0.3) is 17.1 Å². The smallest absolute Gasteiger partial charge is 0.328 e. The highest BCUT2D eigenvalue weighted by Crippen LogP contribution is 2.36. The topological polar surface area (TPSA) is 50.5 Å². The second-order valence-corrected chi connectivity index (χ2v) is 8.75. The Morgan fingerprint density at radius 2 is 1.62 bits per heavy atom. The van der Waals surface area contributed by atoms with Crippen LogP contribution in [-0.2, 0) is 18.9 Å². The van der Waals surface area contributed by atoms with Crippen LogP contribution in [0.4, 0.5) is 11.4 Å². The van der Waals surface area contributed by atoms with E-state index in [2.05, 4.69) is 0 Å². The summed E-state index contributed by atoms with van der Waals surface area (Å²) < 4.78 is 3.72. The van der Waals surface area contributed by atoms with E-state index < -0.39 is 0 Å². The summed E-state index contributed by atoms with van der Waals surface area (Å²) in [6.45, 7) is 0. The Labute approximate surface area is 178 Å². The largest absolute Gasteiger partial charge is 0.378 e. The van der Waals surface area contributed by atoms with Gasteiger partial charge in [0.15, 0.2) is 4.32 Å². The van der Waals surface area contributed by atoms with E-state index in [9.17, 15) is 9.59 Å². The molecule has 0 aliphatic carbocycles. The molecule has 1 fully saturated rings. The average Bonchev–Trinajstić information content (AvgIpc) is 3.09. The number of thioether (sulfide) groups is 1. The first-order valence-corrected chi connectivity index (χ1v) is 10.2. The number of amides is 1. The lowest BCUT2D eigenvalue weighted by atomic mass is 10.1. The predicted molar refractivity (Wildman–Crippen MR) is 125 cm³/mol. The molecule has 1 aromatic heterocycles. The van der Waals surface area contributed by atoms with E-state index >= 15 is 0 Å². The molecule has 0 spiro atoms. The highest BCUT2D eigenvalue weighted by atomic mass is 32.2. The minimum absolute atomic E-state index is 0.0790. The molecule has 148 valence electrons. The number of anilines is 2. The highest BCUT2D eigenvalue weighted by molar-refractivity contribution is 8.27. The van der Waals surface area contributed by atoms with Crippen LogP contribution in [-0.4, -0.2) is 33.5 Å². The van der Waals surface area contributed by atoms with E-state index in [4.69, 9.17) is 12.2 Å². The molecule has 0 N–H and O–H groups in total. The molecule has 6 nitrogen and oxygen atoms in total. The van der Waals surface area contributed by atoms with Gasteiger partial charge in [0.2, 0.25) is 0 Å². The first-order valence-electron chi connectivity index (χ1n) is 8.99. The molecule has 2 heterocycles. The molecule has 1 aliphatic rings. The minimum atomic E-state index is -0.139. The van der Waals surface area contributed by atoms with E-state index in [1.165, 1.54) is 11.8 Å². The Hall–Kier alpha value is -2.84. The molecule has 2 aromatic carbocycles. The van der Waals surface area contributed by atoms with Crippen LogP contribution in [0.5, 0.6) is 0 Å². The van der Waals surface area contributed by atoms with Crippen molar-refractivity contribution in [3.05, 3.63) is 63.4 Å². The zero-order chi connectivity index (χ0) is 20.9. The third kappa shape index (κ3) is 3.28. The van der Waals surface area contributed by atoms with Crippen LogP contribution in [0.3, 0.4) is 0 Å². The highest BCUT2D eigenvalue weighted by Gasteiger charge is 2.33. The number of rotatable bonds is 3. The van der Waals surface area contributed by atoms with Crippen LogP contribution < -0.4 is 15.5 Å². The molecule has 4 rings (SSSR count). The van der Waals surface area contributed by atoms with Crippen molar-refractivity contribution in [3.63, 3.8) is 0 Å². The van der Waals surface area contributed by atoms with Crippen LogP contribution in [0.1, 0.15) is 5.56 Å². The molecule has 1 saturated heterocycles. The van der Waals surface area contributed by atoms with Gasteiger partial charge in [0.05, 0.1) is 21.6 Å². The summed E-state index contributed by atoms with van der Waals surface area (Å²) in [7, 11) is 7.43. The summed E-state index contributed by atoms with van der Waals surface area (Å²) in [4.78, 5) is 29.3. The maximum atomic E-state index is 13.0. The summed E-state index contributed by atoms with van der Waals surface area (Å²) in [6.07, 6.45) is 1.82. The molecular formula is C21H20N4O2S2. The number of thiocarbonyl (C=S) groups is 1. The SMILES string of the molecule is CN(C)c1ccc(N2C(=O)/C(=C\c3ccc4c(c3)n(C)c(=O)n4C)SC2=S)cc1.